The monoisotopic (exact) mass is 550 g/mol. The van der Waals surface area contributed by atoms with Crippen molar-refractivity contribution in [2.24, 2.45) is 0 Å². The molecule has 39 heavy (non-hydrogen) atoms. The number of aromatic amines is 1. The molecule has 0 fully saturated rings. The number of rotatable bonds is 10. The third-order valence-electron chi connectivity index (χ3n) is 6.22. The zero-order chi connectivity index (χ0) is 28.1. The molecule has 0 aliphatic carbocycles. The number of hydrogen-bond acceptors (Lipinski definition) is 8. The first-order chi connectivity index (χ1) is 18.7. The predicted octanol–water partition coefficient (Wildman–Crippen LogP) is 3.02. The van der Waals surface area contributed by atoms with Crippen LogP contribution < -0.4 is 21.3 Å². The average Bonchev–Trinajstić information content (AvgIpc) is 3.36. The molecule has 11 heteroatoms. The molecular formula is C28H30N4O6S. The first-order valence-corrected chi connectivity index (χ1v) is 13.1. The highest BCUT2D eigenvalue weighted by molar-refractivity contribution is 7.20. The van der Waals surface area contributed by atoms with E-state index in [0.717, 1.165) is 21.5 Å². The lowest BCUT2D eigenvalue weighted by Crippen LogP contribution is -2.37. The number of fused-ring (bicyclic) bond motifs is 1. The quantitative estimate of drug-likeness (QED) is 0.291. The Morgan fingerprint density at radius 3 is 2.54 bits per heavy atom. The fraction of sp³-hybridized carbons (Fsp3) is 0.286. The van der Waals surface area contributed by atoms with E-state index < -0.39 is 23.3 Å². The minimum atomic E-state index is -0.616. The number of benzene rings is 2. The molecular weight excluding hydrogens is 520 g/mol. The number of H-pyrrole nitrogens is 1. The van der Waals surface area contributed by atoms with E-state index in [-0.39, 0.29) is 24.4 Å². The van der Waals surface area contributed by atoms with Gasteiger partial charge in [-0.2, -0.15) is 0 Å². The summed E-state index contributed by atoms with van der Waals surface area (Å²) in [5.41, 5.74) is 0.817. The molecule has 2 heterocycles. The van der Waals surface area contributed by atoms with Gasteiger partial charge in [0.1, 0.15) is 17.2 Å². The predicted molar refractivity (Wildman–Crippen MR) is 150 cm³/mol. The van der Waals surface area contributed by atoms with Gasteiger partial charge < -0.3 is 19.7 Å². The van der Waals surface area contributed by atoms with Crippen molar-refractivity contribution in [3.8, 4) is 5.75 Å². The van der Waals surface area contributed by atoms with Crippen molar-refractivity contribution in [3.05, 3.63) is 97.0 Å². The van der Waals surface area contributed by atoms with E-state index in [1.807, 2.05) is 43.3 Å². The van der Waals surface area contributed by atoms with Crippen LogP contribution in [0.15, 0.2) is 64.2 Å². The summed E-state index contributed by atoms with van der Waals surface area (Å²) in [7, 11) is 5.35. The van der Waals surface area contributed by atoms with Gasteiger partial charge in [0.2, 0.25) is 0 Å². The van der Waals surface area contributed by atoms with E-state index in [0.29, 0.717) is 33.1 Å². The summed E-state index contributed by atoms with van der Waals surface area (Å²) in [6.45, 7) is 2.89. The van der Waals surface area contributed by atoms with Gasteiger partial charge >= 0.3 is 11.7 Å². The van der Waals surface area contributed by atoms with Crippen molar-refractivity contribution >= 4 is 33.4 Å². The Hall–Kier alpha value is -4.22. The number of nitrogens with zero attached hydrogens (tertiary/aromatic N) is 2. The number of nitrogens with one attached hydrogen (secondary N) is 2. The van der Waals surface area contributed by atoms with Crippen LogP contribution in [-0.4, -0.2) is 60.7 Å². The fourth-order valence-electron chi connectivity index (χ4n) is 3.99. The van der Waals surface area contributed by atoms with Gasteiger partial charge in [0.25, 0.3) is 11.5 Å². The van der Waals surface area contributed by atoms with Gasteiger partial charge in [-0.1, -0.05) is 24.3 Å². The van der Waals surface area contributed by atoms with Gasteiger partial charge in [0.15, 0.2) is 0 Å². The average molecular weight is 551 g/mol. The van der Waals surface area contributed by atoms with Gasteiger partial charge in [-0.25, -0.2) is 9.59 Å². The molecule has 0 saturated heterocycles. The molecule has 2 aromatic carbocycles. The summed E-state index contributed by atoms with van der Waals surface area (Å²) >= 11 is 1.05. The highest BCUT2D eigenvalue weighted by atomic mass is 32.1. The van der Waals surface area contributed by atoms with Crippen LogP contribution in [0.4, 0.5) is 0 Å². The molecule has 1 unspecified atom stereocenters. The number of carbonyl (C=O) groups excluding carboxylic acids is 2. The SMILES string of the molecule is COc1cccc(CNC(=O)c2cc3c(=O)n(C(C)c4ccc(C(=O)OCCN(C)C)cc4)c(=O)[nH]c3s2)c1. The molecule has 0 aliphatic heterocycles. The molecule has 1 amide bonds. The number of likely N-dealkylation sites (N-methyl/N-ethyl adjacent to an activating group) is 1. The maximum atomic E-state index is 13.3. The van der Waals surface area contributed by atoms with Crippen LogP contribution in [0.2, 0.25) is 0 Å². The number of ether oxygens (including phenoxy) is 2. The second-order valence-corrected chi connectivity index (χ2v) is 10.3. The van der Waals surface area contributed by atoms with E-state index >= 15 is 0 Å². The molecule has 0 bridgehead atoms. The number of carbonyl (C=O) groups is 2. The zero-order valence-corrected chi connectivity index (χ0v) is 23.0. The molecule has 2 aromatic heterocycles. The van der Waals surface area contributed by atoms with E-state index in [1.165, 1.54) is 6.07 Å². The summed E-state index contributed by atoms with van der Waals surface area (Å²) in [5.74, 6) is -0.111. The molecule has 4 rings (SSSR count). The van der Waals surface area contributed by atoms with Gasteiger partial charge in [0.05, 0.1) is 29.0 Å². The molecule has 10 nitrogen and oxygen atoms in total. The number of thiophene rings is 1. The Balaban J connectivity index is 1.51. The summed E-state index contributed by atoms with van der Waals surface area (Å²) in [6.07, 6.45) is 0. The van der Waals surface area contributed by atoms with Gasteiger partial charge in [-0.15, -0.1) is 11.3 Å². The second kappa shape index (κ2) is 12.1. The zero-order valence-electron chi connectivity index (χ0n) is 22.1. The highest BCUT2D eigenvalue weighted by Crippen LogP contribution is 2.22. The maximum Gasteiger partial charge on any atom is 0.338 e. The summed E-state index contributed by atoms with van der Waals surface area (Å²) < 4.78 is 11.6. The lowest BCUT2D eigenvalue weighted by molar-refractivity contribution is 0.0481. The number of methoxy groups -OCH3 is 1. The third-order valence-corrected chi connectivity index (χ3v) is 7.27. The van der Waals surface area contributed by atoms with Gasteiger partial charge in [-0.3, -0.25) is 19.1 Å². The molecule has 204 valence electrons. The van der Waals surface area contributed by atoms with Crippen molar-refractivity contribution in [3.63, 3.8) is 0 Å². The molecule has 2 N–H and O–H groups in total. The van der Waals surface area contributed by atoms with Crippen LogP contribution in [0.25, 0.3) is 10.2 Å². The molecule has 0 radical (unpaired) electrons. The topological polar surface area (TPSA) is 123 Å². The molecule has 0 aliphatic rings. The molecule has 1 atom stereocenters. The van der Waals surface area contributed by atoms with Gasteiger partial charge in [-0.05, 0) is 62.5 Å². The molecule has 4 aromatic rings. The summed E-state index contributed by atoms with van der Waals surface area (Å²) in [5, 5.41) is 3.08. The Morgan fingerprint density at radius 2 is 1.85 bits per heavy atom. The van der Waals surface area contributed by atoms with E-state index in [2.05, 4.69) is 10.3 Å². The van der Waals surface area contributed by atoms with E-state index in [4.69, 9.17) is 9.47 Å². The Labute approximate surface area is 228 Å². The number of amides is 1. The molecule has 0 spiro atoms. The number of aromatic nitrogens is 2. The lowest BCUT2D eigenvalue weighted by atomic mass is 10.1. The van der Waals surface area contributed by atoms with E-state index in [1.54, 1.807) is 38.3 Å². The minimum absolute atomic E-state index is 0.249. The largest absolute Gasteiger partial charge is 0.497 e. The van der Waals surface area contributed by atoms with E-state index in [9.17, 15) is 19.2 Å². The fourth-order valence-corrected chi connectivity index (χ4v) is 4.94. The molecule has 0 saturated carbocycles. The van der Waals surface area contributed by atoms with Crippen LogP contribution >= 0.6 is 11.3 Å². The first kappa shape index (κ1) is 27.8. The Kier molecular flexibility index (Phi) is 8.62. The number of esters is 1. The Bertz CT molecular complexity index is 1600. The van der Waals surface area contributed by atoms with Crippen molar-refractivity contribution in [2.75, 3.05) is 34.4 Å². The summed E-state index contributed by atoms with van der Waals surface area (Å²) in [6, 6.07) is 14.8. The minimum Gasteiger partial charge on any atom is -0.497 e. The van der Waals surface area contributed by atoms with Crippen molar-refractivity contribution in [1.82, 2.24) is 19.8 Å². The van der Waals surface area contributed by atoms with Crippen LogP contribution in [0.3, 0.4) is 0 Å². The van der Waals surface area contributed by atoms with Gasteiger partial charge in [0, 0.05) is 13.1 Å². The summed E-state index contributed by atoms with van der Waals surface area (Å²) in [4.78, 5) is 56.5. The van der Waals surface area contributed by atoms with Crippen LogP contribution in [0.5, 0.6) is 5.75 Å². The lowest BCUT2D eigenvalue weighted by Gasteiger charge is -2.15. The van der Waals surface area contributed by atoms with Crippen molar-refractivity contribution < 1.29 is 19.1 Å². The third kappa shape index (κ3) is 6.44. The highest BCUT2D eigenvalue weighted by Gasteiger charge is 2.20. The van der Waals surface area contributed by atoms with Crippen molar-refractivity contribution in [1.29, 1.82) is 0 Å². The normalized spacial score (nSPS) is 11.9. The van der Waals surface area contributed by atoms with Crippen LogP contribution in [0.1, 0.15) is 44.1 Å². The standard InChI is InChI=1S/C28H30N4O6S/c1-17(19-8-10-20(11-9-19)27(35)38-13-12-31(2)3)32-26(34)22-15-23(39-25(22)30-28(32)36)24(33)29-16-18-6-5-7-21(14-18)37-4/h5-11,14-15,17H,12-13,16H2,1-4H3,(H,29,33)(H,30,36). The maximum absolute atomic E-state index is 13.3. The van der Waals surface area contributed by atoms with Crippen LogP contribution in [-0.2, 0) is 11.3 Å². The number of hydrogen-bond donors (Lipinski definition) is 2. The smallest absolute Gasteiger partial charge is 0.338 e. The first-order valence-electron chi connectivity index (χ1n) is 12.3. The van der Waals surface area contributed by atoms with Crippen LogP contribution in [0, 0.1) is 0 Å². The van der Waals surface area contributed by atoms with Crippen molar-refractivity contribution in [2.45, 2.75) is 19.5 Å². The Morgan fingerprint density at radius 1 is 1.10 bits per heavy atom. The second-order valence-electron chi connectivity index (χ2n) is 9.23.